The molecule has 1 rings (SSSR count). The van der Waals surface area contributed by atoms with Crippen LogP contribution in [0.5, 0.6) is 0 Å². The number of rotatable bonds is 1. The number of carbonyl (C=O) groups excluding carboxylic acids is 1. The number of azide groups is 1. The smallest absolute Gasteiger partial charge is 0.249 e. The Balaban J connectivity index is 3.22. The molecular formula is C8H6BrN3O. The molecule has 5 heteroatoms. The minimum Gasteiger partial charge on any atom is -0.287 e. The van der Waals surface area contributed by atoms with Gasteiger partial charge in [-0.3, -0.25) is 4.79 Å². The van der Waals surface area contributed by atoms with Gasteiger partial charge >= 0.3 is 0 Å². The van der Waals surface area contributed by atoms with Crippen molar-refractivity contribution in [3.63, 3.8) is 0 Å². The molecule has 1 amide bonds. The second kappa shape index (κ2) is 4.07. The van der Waals surface area contributed by atoms with Gasteiger partial charge in [-0.1, -0.05) is 28.1 Å². The molecule has 0 heterocycles. The van der Waals surface area contributed by atoms with Crippen LogP contribution >= 0.6 is 15.9 Å². The lowest BCUT2D eigenvalue weighted by atomic mass is 10.1. The summed E-state index contributed by atoms with van der Waals surface area (Å²) in [6, 6.07) is 5.16. The molecule has 66 valence electrons. The van der Waals surface area contributed by atoms with E-state index in [-0.39, 0.29) is 0 Å². The Morgan fingerprint density at radius 3 is 2.92 bits per heavy atom. The molecule has 0 atom stereocenters. The van der Waals surface area contributed by atoms with E-state index in [0.717, 1.165) is 10.0 Å². The summed E-state index contributed by atoms with van der Waals surface area (Å²) >= 11 is 3.28. The van der Waals surface area contributed by atoms with E-state index in [2.05, 4.69) is 26.0 Å². The molecule has 0 spiro atoms. The predicted octanol–water partition coefficient (Wildman–Crippen LogP) is 3.21. The second-order valence-electron chi connectivity index (χ2n) is 2.41. The van der Waals surface area contributed by atoms with Crippen LogP contribution in [-0.2, 0) is 0 Å². The monoisotopic (exact) mass is 239 g/mol. The van der Waals surface area contributed by atoms with Crippen molar-refractivity contribution in [3.05, 3.63) is 44.2 Å². The third-order valence-electron chi connectivity index (χ3n) is 1.63. The molecule has 4 nitrogen and oxygen atoms in total. The maximum absolute atomic E-state index is 11.2. The Labute approximate surface area is 83.3 Å². The molecule has 0 aromatic heterocycles. The van der Waals surface area contributed by atoms with E-state index >= 15 is 0 Å². The highest BCUT2D eigenvalue weighted by atomic mass is 79.9. The fraction of sp³-hybridized carbons (Fsp3) is 0.125. The van der Waals surface area contributed by atoms with Gasteiger partial charge in [0.1, 0.15) is 0 Å². The maximum atomic E-state index is 11.2. The molecule has 0 radical (unpaired) electrons. The van der Waals surface area contributed by atoms with Crippen LogP contribution in [-0.4, -0.2) is 5.91 Å². The largest absolute Gasteiger partial charge is 0.287 e. The summed E-state index contributed by atoms with van der Waals surface area (Å²) in [5.41, 5.74) is 9.28. The molecule has 0 N–H and O–H groups in total. The summed E-state index contributed by atoms with van der Waals surface area (Å²) in [5, 5.41) is 3.02. The first-order valence-electron chi connectivity index (χ1n) is 3.51. The summed E-state index contributed by atoms with van der Waals surface area (Å²) in [4.78, 5) is 13.6. The standard InChI is InChI=1S/C8H6BrN3O/c1-5-6(8(13)11-12-10)3-2-4-7(5)9/h2-4H,1H3. The lowest BCUT2D eigenvalue weighted by Crippen LogP contribution is -1.97. The lowest BCUT2D eigenvalue weighted by molar-refractivity contribution is 0.0999. The summed E-state index contributed by atoms with van der Waals surface area (Å²) in [6.07, 6.45) is 0. The fourth-order valence-corrected chi connectivity index (χ4v) is 1.30. The minimum atomic E-state index is -0.554. The molecule has 1 aromatic rings. The average Bonchev–Trinajstić information content (AvgIpc) is 2.10. The first-order valence-corrected chi connectivity index (χ1v) is 4.30. The molecule has 0 bridgehead atoms. The number of hydrogen-bond acceptors (Lipinski definition) is 1. The maximum Gasteiger partial charge on any atom is 0.249 e. The molecule has 0 aliphatic heterocycles. The number of carbonyl (C=O) groups is 1. The van der Waals surface area contributed by atoms with Crippen LogP contribution in [0, 0.1) is 6.92 Å². The summed E-state index contributed by atoms with van der Waals surface area (Å²) in [5.74, 6) is -0.554. The van der Waals surface area contributed by atoms with Gasteiger partial charge in [0.15, 0.2) is 0 Å². The SMILES string of the molecule is Cc1c(Br)cccc1C(=O)N=[N+]=[N-]. The van der Waals surface area contributed by atoms with Crippen molar-refractivity contribution in [3.8, 4) is 0 Å². The molecule has 0 saturated heterocycles. The van der Waals surface area contributed by atoms with Crippen molar-refractivity contribution < 1.29 is 4.79 Å². The van der Waals surface area contributed by atoms with Crippen molar-refractivity contribution in [2.24, 2.45) is 5.11 Å². The quantitative estimate of drug-likeness (QED) is 0.422. The highest BCUT2D eigenvalue weighted by Crippen LogP contribution is 2.19. The zero-order chi connectivity index (χ0) is 9.84. The van der Waals surface area contributed by atoms with E-state index in [1.54, 1.807) is 19.1 Å². The molecule has 0 aliphatic rings. The minimum absolute atomic E-state index is 0.423. The summed E-state index contributed by atoms with van der Waals surface area (Å²) in [6.45, 7) is 1.78. The average molecular weight is 240 g/mol. The Bertz CT molecular complexity index is 396. The first kappa shape index (κ1) is 9.77. The summed E-state index contributed by atoms with van der Waals surface area (Å²) < 4.78 is 0.825. The second-order valence-corrected chi connectivity index (χ2v) is 3.26. The van der Waals surface area contributed by atoms with E-state index in [0.29, 0.717) is 5.56 Å². The van der Waals surface area contributed by atoms with Crippen LogP contribution in [0.4, 0.5) is 0 Å². The number of halogens is 1. The Morgan fingerprint density at radius 2 is 2.31 bits per heavy atom. The number of nitrogens with zero attached hydrogens (tertiary/aromatic N) is 3. The summed E-state index contributed by atoms with van der Waals surface area (Å²) in [7, 11) is 0. The molecular weight excluding hydrogens is 234 g/mol. The predicted molar refractivity (Wildman–Crippen MR) is 52.4 cm³/mol. The van der Waals surface area contributed by atoms with E-state index < -0.39 is 5.91 Å². The van der Waals surface area contributed by atoms with Gasteiger partial charge in [-0.2, -0.15) is 0 Å². The lowest BCUT2D eigenvalue weighted by Gasteiger charge is -2.01. The van der Waals surface area contributed by atoms with Gasteiger partial charge in [-0.15, -0.1) is 0 Å². The molecule has 0 unspecified atom stereocenters. The normalized spacial score (nSPS) is 9.08. The van der Waals surface area contributed by atoms with Crippen LogP contribution < -0.4 is 0 Å². The van der Waals surface area contributed by atoms with Crippen molar-refractivity contribution >= 4 is 21.8 Å². The van der Waals surface area contributed by atoms with Crippen LogP contribution in [0.1, 0.15) is 15.9 Å². The van der Waals surface area contributed by atoms with Gasteiger partial charge in [0.25, 0.3) is 0 Å². The van der Waals surface area contributed by atoms with Crippen molar-refractivity contribution in [2.75, 3.05) is 0 Å². The van der Waals surface area contributed by atoms with E-state index in [1.807, 2.05) is 6.07 Å². The Morgan fingerprint density at radius 1 is 1.62 bits per heavy atom. The molecule has 1 aromatic carbocycles. The van der Waals surface area contributed by atoms with Gasteiger partial charge in [0.05, 0.1) is 0 Å². The van der Waals surface area contributed by atoms with Gasteiger partial charge < -0.3 is 0 Å². The molecule has 13 heavy (non-hydrogen) atoms. The van der Waals surface area contributed by atoms with Crippen LogP contribution in [0.2, 0.25) is 0 Å². The third kappa shape index (κ3) is 2.08. The van der Waals surface area contributed by atoms with Gasteiger partial charge in [0.2, 0.25) is 5.91 Å². The van der Waals surface area contributed by atoms with E-state index in [4.69, 9.17) is 5.53 Å². The number of benzene rings is 1. The van der Waals surface area contributed by atoms with Crippen molar-refractivity contribution in [1.82, 2.24) is 0 Å². The highest BCUT2D eigenvalue weighted by molar-refractivity contribution is 9.10. The van der Waals surface area contributed by atoms with Crippen LogP contribution in [0.15, 0.2) is 27.8 Å². The van der Waals surface area contributed by atoms with E-state index in [1.165, 1.54) is 0 Å². The van der Waals surface area contributed by atoms with Crippen LogP contribution in [0.3, 0.4) is 0 Å². The molecule has 0 aliphatic carbocycles. The Kier molecular flexibility index (Phi) is 3.06. The van der Waals surface area contributed by atoms with Crippen molar-refractivity contribution in [2.45, 2.75) is 6.92 Å². The van der Waals surface area contributed by atoms with E-state index in [9.17, 15) is 4.79 Å². The number of hydrogen-bond donors (Lipinski definition) is 0. The van der Waals surface area contributed by atoms with Crippen LogP contribution in [0.25, 0.3) is 10.4 Å². The molecule has 0 saturated carbocycles. The van der Waals surface area contributed by atoms with Crippen molar-refractivity contribution in [1.29, 1.82) is 0 Å². The van der Waals surface area contributed by atoms with Gasteiger partial charge in [0, 0.05) is 14.9 Å². The molecule has 0 fully saturated rings. The highest BCUT2D eigenvalue weighted by Gasteiger charge is 2.07. The Hall–Kier alpha value is -1.32. The van der Waals surface area contributed by atoms with Gasteiger partial charge in [-0.25, -0.2) is 0 Å². The number of amides is 1. The van der Waals surface area contributed by atoms with Gasteiger partial charge in [-0.05, 0) is 29.2 Å². The zero-order valence-corrected chi connectivity index (χ0v) is 8.45. The topological polar surface area (TPSA) is 65.8 Å². The third-order valence-corrected chi connectivity index (χ3v) is 2.49. The first-order chi connectivity index (χ1) is 6.16. The fourth-order valence-electron chi connectivity index (χ4n) is 0.934. The zero-order valence-electron chi connectivity index (χ0n) is 6.86.